The summed E-state index contributed by atoms with van der Waals surface area (Å²) >= 11 is 0. The Bertz CT molecular complexity index is 228. The summed E-state index contributed by atoms with van der Waals surface area (Å²) < 4.78 is 4.72. The van der Waals surface area contributed by atoms with Crippen LogP contribution in [0.1, 0.15) is 32.1 Å². The molecule has 0 bridgehead atoms. The van der Waals surface area contributed by atoms with Gasteiger partial charge in [-0.15, -0.1) is 0 Å². The van der Waals surface area contributed by atoms with Gasteiger partial charge in [-0.25, -0.2) is 4.79 Å². The van der Waals surface area contributed by atoms with Gasteiger partial charge in [0.1, 0.15) is 0 Å². The van der Waals surface area contributed by atoms with Gasteiger partial charge in [0, 0.05) is 26.2 Å². The van der Waals surface area contributed by atoms with Gasteiger partial charge in [-0.3, -0.25) is 4.90 Å². The highest BCUT2D eigenvalue weighted by Gasteiger charge is 2.20. The molecule has 5 nitrogen and oxygen atoms in total. The molecule has 2 N–H and O–H groups in total. The summed E-state index contributed by atoms with van der Waals surface area (Å²) in [5.74, 6) is 0. The van der Waals surface area contributed by atoms with Gasteiger partial charge < -0.3 is 15.4 Å². The second-order valence-electron chi connectivity index (χ2n) is 4.86. The molecule has 1 fully saturated rings. The van der Waals surface area contributed by atoms with E-state index in [1.807, 2.05) is 0 Å². The third kappa shape index (κ3) is 5.69. The molecule has 1 aliphatic rings. The summed E-state index contributed by atoms with van der Waals surface area (Å²) in [6, 6.07) is 0. The molecule has 0 aromatic rings. The Morgan fingerprint density at radius 1 is 1.06 bits per heavy atom. The number of nitrogens with zero attached hydrogens (tertiary/aromatic N) is 2. The van der Waals surface area contributed by atoms with Gasteiger partial charge in [-0.05, 0) is 25.9 Å². The van der Waals surface area contributed by atoms with E-state index in [0.717, 1.165) is 45.7 Å². The zero-order valence-corrected chi connectivity index (χ0v) is 11.6. The number of unbranched alkanes of at least 4 members (excludes halogenated alkanes) is 4. The molecule has 1 aliphatic heterocycles. The van der Waals surface area contributed by atoms with Crippen molar-refractivity contribution in [3.05, 3.63) is 0 Å². The number of carbonyl (C=O) groups is 1. The average molecular weight is 257 g/mol. The monoisotopic (exact) mass is 257 g/mol. The lowest BCUT2D eigenvalue weighted by Crippen LogP contribution is -2.48. The van der Waals surface area contributed by atoms with Crippen LogP contribution in [0.15, 0.2) is 0 Å². The summed E-state index contributed by atoms with van der Waals surface area (Å²) in [6.07, 6.45) is 6.04. The maximum absolute atomic E-state index is 11.3. The third-order valence-corrected chi connectivity index (χ3v) is 3.48. The molecular weight excluding hydrogens is 230 g/mol. The van der Waals surface area contributed by atoms with Crippen LogP contribution in [-0.4, -0.2) is 62.3 Å². The van der Waals surface area contributed by atoms with Crippen LogP contribution >= 0.6 is 0 Å². The number of rotatable bonds is 7. The molecule has 0 aromatic heterocycles. The number of methoxy groups -OCH3 is 1. The van der Waals surface area contributed by atoms with E-state index >= 15 is 0 Å². The first kappa shape index (κ1) is 15.2. The van der Waals surface area contributed by atoms with Gasteiger partial charge in [0.05, 0.1) is 7.11 Å². The Hall–Kier alpha value is -0.810. The van der Waals surface area contributed by atoms with E-state index in [1.54, 1.807) is 4.90 Å². The zero-order valence-electron chi connectivity index (χ0n) is 11.6. The summed E-state index contributed by atoms with van der Waals surface area (Å²) in [7, 11) is 1.44. The maximum Gasteiger partial charge on any atom is 0.409 e. The molecule has 1 saturated heterocycles. The van der Waals surface area contributed by atoms with Crippen molar-refractivity contribution in [1.82, 2.24) is 9.80 Å². The van der Waals surface area contributed by atoms with Crippen molar-refractivity contribution in [2.24, 2.45) is 5.73 Å². The Morgan fingerprint density at radius 3 is 2.28 bits per heavy atom. The molecule has 0 spiro atoms. The number of hydrogen-bond donors (Lipinski definition) is 1. The van der Waals surface area contributed by atoms with Gasteiger partial charge in [0.25, 0.3) is 0 Å². The summed E-state index contributed by atoms with van der Waals surface area (Å²) in [5, 5.41) is 0. The first-order valence-electron chi connectivity index (χ1n) is 7.03. The van der Waals surface area contributed by atoms with Gasteiger partial charge >= 0.3 is 6.09 Å². The predicted molar refractivity (Wildman–Crippen MR) is 72.6 cm³/mol. The minimum Gasteiger partial charge on any atom is -0.453 e. The molecule has 0 unspecified atom stereocenters. The molecule has 0 atom stereocenters. The molecule has 18 heavy (non-hydrogen) atoms. The number of carbonyl (C=O) groups excluding carboxylic acids is 1. The fourth-order valence-electron chi connectivity index (χ4n) is 2.29. The lowest BCUT2D eigenvalue weighted by atomic mass is 10.1. The van der Waals surface area contributed by atoms with Crippen LogP contribution in [0, 0.1) is 0 Å². The minimum absolute atomic E-state index is 0.198. The third-order valence-electron chi connectivity index (χ3n) is 3.48. The topological polar surface area (TPSA) is 58.8 Å². The predicted octanol–water partition coefficient (Wildman–Crippen LogP) is 1.28. The van der Waals surface area contributed by atoms with Crippen LogP contribution in [0.3, 0.4) is 0 Å². The Morgan fingerprint density at radius 2 is 1.67 bits per heavy atom. The first-order valence-corrected chi connectivity index (χ1v) is 7.03. The summed E-state index contributed by atoms with van der Waals surface area (Å²) in [5.41, 5.74) is 5.46. The SMILES string of the molecule is COC(=O)N1CCN(CCCCCCCN)CC1. The van der Waals surface area contributed by atoms with Crippen molar-refractivity contribution in [1.29, 1.82) is 0 Å². The quantitative estimate of drug-likeness (QED) is 0.698. The second kappa shape index (κ2) is 9.16. The highest BCUT2D eigenvalue weighted by atomic mass is 16.5. The van der Waals surface area contributed by atoms with E-state index in [9.17, 15) is 4.79 Å². The van der Waals surface area contributed by atoms with Crippen LogP contribution in [0.4, 0.5) is 4.79 Å². The highest BCUT2D eigenvalue weighted by molar-refractivity contribution is 5.67. The molecule has 1 amide bonds. The molecule has 5 heteroatoms. The average Bonchev–Trinajstić information content (AvgIpc) is 2.42. The van der Waals surface area contributed by atoms with Crippen LogP contribution in [0.2, 0.25) is 0 Å². The van der Waals surface area contributed by atoms with E-state index in [4.69, 9.17) is 10.5 Å². The fourth-order valence-corrected chi connectivity index (χ4v) is 2.29. The minimum atomic E-state index is -0.198. The smallest absolute Gasteiger partial charge is 0.409 e. The lowest BCUT2D eigenvalue weighted by molar-refractivity contribution is 0.0905. The Balaban J connectivity index is 2.00. The van der Waals surface area contributed by atoms with E-state index < -0.39 is 0 Å². The highest BCUT2D eigenvalue weighted by Crippen LogP contribution is 2.07. The number of nitrogens with two attached hydrogens (primary N) is 1. The van der Waals surface area contributed by atoms with E-state index in [1.165, 1.54) is 32.8 Å². The number of hydrogen-bond acceptors (Lipinski definition) is 4. The summed E-state index contributed by atoms with van der Waals surface area (Å²) in [4.78, 5) is 15.5. The van der Waals surface area contributed by atoms with Crippen molar-refractivity contribution in [3.63, 3.8) is 0 Å². The molecule has 0 aromatic carbocycles. The lowest BCUT2D eigenvalue weighted by Gasteiger charge is -2.33. The largest absolute Gasteiger partial charge is 0.453 e. The van der Waals surface area contributed by atoms with Crippen LogP contribution in [-0.2, 0) is 4.74 Å². The summed E-state index contributed by atoms with van der Waals surface area (Å²) in [6.45, 7) is 5.49. The van der Waals surface area contributed by atoms with Crippen LogP contribution in [0.25, 0.3) is 0 Å². The van der Waals surface area contributed by atoms with Crippen molar-refractivity contribution in [3.8, 4) is 0 Å². The van der Waals surface area contributed by atoms with Crippen molar-refractivity contribution in [2.45, 2.75) is 32.1 Å². The Kier molecular flexibility index (Phi) is 7.76. The number of piperazine rings is 1. The van der Waals surface area contributed by atoms with Gasteiger partial charge in [-0.1, -0.05) is 19.3 Å². The normalized spacial score (nSPS) is 16.9. The first-order chi connectivity index (χ1) is 8.77. The Labute approximate surface area is 110 Å². The molecule has 1 rings (SSSR count). The van der Waals surface area contributed by atoms with E-state index in [-0.39, 0.29) is 6.09 Å². The zero-order chi connectivity index (χ0) is 13.2. The number of amides is 1. The van der Waals surface area contributed by atoms with Crippen molar-refractivity contribution < 1.29 is 9.53 Å². The standard InChI is InChI=1S/C13H27N3O2/c1-18-13(17)16-11-9-15(10-12-16)8-6-4-2-3-5-7-14/h2-12,14H2,1H3. The second-order valence-corrected chi connectivity index (χ2v) is 4.86. The fraction of sp³-hybridized carbons (Fsp3) is 0.923. The van der Waals surface area contributed by atoms with Crippen molar-refractivity contribution >= 4 is 6.09 Å². The van der Waals surface area contributed by atoms with Gasteiger partial charge in [0.15, 0.2) is 0 Å². The molecular formula is C13H27N3O2. The molecule has 1 heterocycles. The van der Waals surface area contributed by atoms with Crippen LogP contribution in [0.5, 0.6) is 0 Å². The van der Waals surface area contributed by atoms with Gasteiger partial charge in [0.2, 0.25) is 0 Å². The van der Waals surface area contributed by atoms with Gasteiger partial charge in [-0.2, -0.15) is 0 Å². The van der Waals surface area contributed by atoms with Crippen LogP contribution < -0.4 is 5.73 Å². The number of ether oxygens (including phenoxy) is 1. The maximum atomic E-state index is 11.3. The molecule has 106 valence electrons. The molecule has 0 radical (unpaired) electrons. The molecule has 0 aliphatic carbocycles. The van der Waals surface area contributed by atoms with E-state index in [0.29, 0.717) is 0 Å². The molecule has 0 saturated carbocycles. The van der Waals surface area contributed by atoms with Crippen molar-refractivity contribution in [2.75, 3.05) is 46.4 Å². The van der Waals surface area contributed by atoms with E-state index in [2.05, 4.69) is 4.90 Å².